The van der Waals surface area contributed by atoms with E-state index in [-0.39, 0.29) is 5.69 Å². The fraction of sp³-hybridized carbons (Fsp3) is 0.133. The molecule has 0 unspecified atom stereocenters. The van der Waals surface area contributed by atoms with Crippen molar-refractivity contribution < 1.29 is 13.2 Å². The predicted octanol–water partition coefficient (Wildman–Crippen LogP) is 5.98. The van der Waals surface area contributed by atoms with Crippen molar-refractivity contribution in [1.82, 2.24) is 0 Å². The number of anilines is 1. The molecular weight excluding hydrogens is 425 g/mol. The summed E-state index contributed by atoms with van der Waals surface area (Å²) >= 11 is 6.82. The van der Waals surface area contributed by atoms with E-state index in [2.05, 4.69) is 42.4 Å². The molecule has 1 N–H and O–H groups in total. The third-order valence-electron chi connectivity index (χ3n) is 2.93. The second-order valence-electron chi connectivity index (χ2n) is 4.52. The van der Waals surface area contributed by atoms with E-state index in [4.69, 9.17) is 0 Å². The van der Waals surface area contributed by atoms with E-state index in [0.29, 0.717) is 0 Å². The topological polar surface area (TPSA) is 24.4 Å². The molecule has 0 aliphatic carbocycles. The lowest BCUT2D eigenvalue weighted by molar-refractivity contribution is -0.136. The van der Waals surface area contributed by atoms with E-state index < -0.39 is 11.7 Å². The predicted molar refractivity (Wildman–Crippen MR) is 89.2 cm³/mol. The van der Waals surface area contributed by atoms with Crippen LogP contribution in [-0.4, -0.2) is 6.21 Å². The van der Waals surface area contributed by atoms with E-state index in [1.54, 1.807) is 0 Å². The number of hydrogen-bond acceptors (Lipinski definition) is 2. The molecular formula is C15H11Br2F3N2. The van der Waals surface area contributed by atoms with Gasteiger partial charge in [-0.25, -0.2) is 0 Å². The fourth-order valence-electron chi connectivity index (χ4n) is 1.74. The second-order valence-corrected chi connectivity index (χ2v) is 6.23. The molecule has 0 heterocycles. The molecule has 0 atom stereocenters. The van der Waals surface area contributed by atoms with Crippen LogP contribution in [0.3, 0.4) is 0 Å². The second kappa shape index (κ2) is 6.83. The first-order chi connectivity index (χ1) is 10.3. The van der Waals surface area contributed by atoms with Crippen LogP contribution in [0.4, 0.5) is 18.9 Å². The lowest BCUT2D eigenvalue weighted by Gasteiger charge is -2.11. The Labute approximate surface area is 142 Å². The summed E-state index contributed by atoms with van der Waals surface area (Å²) < 4.78 is 40.3. The normalized spacial score (nSPS) is 11.9. The van der Waals surface area contributed by atoms with Gasteiger partial charge in [0.05, 0.1) is 17.5 Å². The van der Waals surface area contributed by atoms with Crippen molar-refractivity contribution in [3.63, 3.8) is 0 Å². The summed E-state index contributed by atoms with van der Waals surface area (Å²) in [6, 6.07) is 8.87. The number of hydrazone groups is 1. The van der Waals surface area contributed by atoms with Crippen LogP contribution >= 0.6 is 31.9 Å². The first-order valence-electron chi connectivity index (χ1n) is 6.20. The zero-order valence-electron chi connectivity index (χ0n) is 11.4. The summed E-state index contributed by atoms with van der Waals surface area (Å²) in [6.07, 6.45) is -2.96. The van der Waals surface area contributed by atoms with Crippen LogP contribution in [0.2, 0.25) is 0 Å². The van der Waals surface area contributed by atoms with E-state index in [9.17, 15) is 13.2 Å². The maximum Gasteiger partial charge on any atom is 0.418 e. The van der Waals surface area contributed by atoms with Crippen LogP contribution in [0.5, 0.6) is 0 Å². The summed E-state index contributed by atoms with van der Waals surface area (Å²) in [5.41, 5.74) is 3.39. The minimum atomic E-state index is -4.42. The number of rotatable bonds is 3. The first kappa shape index (κ1) is 17.0. The molecule has 0 saturated carbocycles. The van der Waals surface area contributed by atoms with Crippen LogP contribution in [0.15, 0.2) is 50.4 Å². The minimum absolute atomic E-state index is 0.0866. The molecule has 2 aromatic carbocycles. The third-order valence-corrected chi connectivity index (χ3v) is 4.58. The van der Waals surface area contributed by atoms with Gasteiger partial charge in [0.25, 0.3) is 0 Å². The summed E-state index contributed by atoms with van der Waals surface area (Å²) in [5, 5.41) is 3.88. The van der Waals surface area contributed by atoms with Crippen molar-refractivity contribution in [1.29, 1.82) is 0 Å². The standard InChI is InChI=1S/C15H11Br2F3N2/c1-9-12(16)6-10(7-13(9)17)8-21-22-14-5-3-2-4-11(14)15(18,19)20/h2-8,22H,1H3/b21-8+. The van der Waals surface area contributed by atoms with Gasteiger partial charge in [0.15, 0.2) is 0 Å². The minimum Gasteiger partial charge on any atom is -0.278 e. The number of benzene rings is 2. The van der Waals surface area contributed by atoms with Crippen molar-refractivity contribution in [2.24, 2.45) is 5.10 Å². The maximum absolute atomic E-state index is 12.8. The molecule has 0 bridgehead atoms. The van der Waals surface area contributed by atoms with Crippen LogP contribution < -0.4 is 5.43 Å². The highest BCUT2D eigenvalue weighted by Gasteiger charge is 2.33. The number of para-hydroxylation sites is 1. The Morgan fingerprint density at radius 2 is 1.68 bits per heavy atom. The molecule has 0 saturated heterocycles. The first-order valence-corrected chi connectivity index (χ1v) is 7.78. The van der Waals surface area contributed by atoms with Gasteiger partial charge in [-0.2, -0.15) is 18.3 Å². The summed E-state index contributed by atoms with van der Waals surface area (Å²) in [5.74, 6) is 0. The molecule has 22 heavy (non-hydrogen) atoms. The SMILES string of the molecule is Cc1c(Br)cc(/C=N/Nc2ccccc2C(F)(F)F)cc1Br. The molecule has 0 aliphatic heterocycles. The highest BCUT2D eigenvalue weighted by molar-refractivity contribution is 9.11. The van der Waals surface area contributed by atoms with Gasteiger partial charge in [-0.15, -0.1) is 0 Å². The van der Waals surface area contributed by atoms with Gasteiger partial charge in [0, 0.05) is 8.95 Å². The number of halogens is 5. The molecule has 116 valence electrons. The van der Waals surface area contributed by atoms with E-state index in [0.717, 1.165) is 26.1 Å². The van der Waals surface area contributed by atoms with Crippen LogP contribution in [-0.2, 0) is 6.18 Å². The Morgan fingerprint density at radius 3 is 2.27 bits per heavy atom. The van der Waals surface area contributed by atoms with Gasteiger partial charge in [-0.05, 0) is 42.3 Å². The Morgan fingerprint density at radius 1 is 1.09 bits per heavy atom. The highest BCUT2D eigenvalue weighted by Crippen LogP contribution is 2.34. The largest absolute Gasteiger partial charge is 0.418 e. The molecule has 0 amide bonds. The van der Waals surface area contributed by atoms with Crippen molar-refractivity contribution in [2.75, 3.05) is 5.43 Å². The van der Waals surface area contributed by atoms with Crippen molar-refractivity contribution in [2.45, 2.75) is 13.1 Å². The lowest BCUT2D eigenvalue weighted by atomic mass is 10.2. The molecule has 2 aromatic rings. The smallest absolute Gasteiger partial charge is 0.278 e. The van der Waals surface area contributed by atoms with Crippen molar-refractivity contribution in [3.8, 4) is 0 Å². The summed E-state index contributed by atoms with van der Waals surface area (Å²) in [7, 11) is 0. The van der Waals surface area contributed by atoms with Gasteiger partial charge >= 0.3 is 6.18 Å². The van der Waals surface area contributed by atoms with E-state index >= 15 is 0 Å². The average molecular weight is 436 g/mol. The van der Waals surface area contributed by atoms with Gasteiger partial charge in [0.1, 0.15) is 0 Å². The van der Waals surface area contributed by atoms with Crippen LogP contribution in [0.1, 0.15) is 16.7 Å². The molecule has 7 heteroatoms. The molecule has 0 fully saturated rings. The molecule has 0 aromatic heterocycles. The highest BCUT2D eigenvalue weighted by atomic mass is 79.9. The van der Waals surface area contributed by atoms with Gasteiger partial charge in [-0.1, -0.05) is 44.0 Å². The summed E-state index contributed by atoms with van der Waals surface area (Å²) in [4.78, 5) is 0. The molecule has 2 rings (SSSR count). The monoisotopic (exact) mass is 434 g/mol. The van der Waals surface area contributed by atoms with Crippen LogP contribution in [0, 0.1) is 6.92 Å². The number of nitrogens with one attached hydrogen (secondary N) is 1. The zero-order chi connectivity index (χ0) is 16.3. The van der Waals surface area contributed by atoms with E-state index in [1.165, 1.54) is 24.4 Å². The quantitative estimate of drug-likeness (QED) is 0.465. The molecule has 0 spiro atoms. The van der Waals surface area contributed by atoms with E-state index in [1.807, 2.05) is 19.1 Å². The maximum atomic E-state index is 12.8. The fourth-order valence-corrected chi connectivity index (χ4v) is 2.97. The molecule has 0 radical (unpaired) electrons. The van der Waals surface area contributed by atoms with Crippen molar-refractivity contribution in [3.05, 3.63) is 62.0 Å². The third kappa shape index (κ3) is 4.10. The number of hydrogen-bond donors (Lipinski definition) is 1. The van der Waals surface area contributed by atoms with Crippen LogP contribution in [0.25, 0.3) is 0 Å². The molecule has 0 aliphatic rings. The van der Waals surface area contributed by atoms with Gasteiger partial charge in [-0.3, -0.25) is 5.43 Å². The zero-order valence-corrected chi connectivity index (χ0v) is 14.6. The number of nitrogens with zero attached hydrogens (tertiary/aromatic N) is 1. The lowest BCUT2D eigenvalue weighted by Crippen LogP contribution is -2.08. The number of alkyl halides is 3. The Kier molecular flexibility index (Phi) is 5.28. The van der Waals surface area contributed by atoms with Crippen molar-refractivity contribution >= 4 is 43.8 Å². The Hall–Kier alpha value is -1.34. The summed E-state index contributed by atoms with van der Waals surface area (Å²) in [6.45, 7) is 1.94. The average Bonchev–Trinajstić information content (AvgIpc) is 2.44. The Balaban J connectivity index is 2.21. The van der Waals surface area contributed by atoms with Gasteiger partial charge < -0.3 is 0 Å². The molecule has 2 nitrogen and oxygen atoms in total. The van der Waals surface area contributed by atoms with Gasteiger partial charge in [0.2, 0.25) is 0 Å². The Bertz CT molecular complexity index is 689.